The van der Waals surface area contributed by atoms with Crippen LogP contribution in [0.4, 0.5) is 13.2 Å². The number of halogens is 3. The number of alkyl halides is 3. The number of aliphatic imine (C=N–C) groups is 1. The number of hydrogen-bond acceptors (Lipinski definition) is 5. The summed E-state index contributed by atoms with van der Waals surface area (Å²) in [6.07, 6.45) is -3.37. The van der Waals surface area contributed by atoms with E-state index in [1.807, 2.05) is 48.5 Å². The SMILES string of the molecule is COc1ccccc1CN=C(N)c1ccc2cccnc2n1.O=C(O)C(F)(F)F. The van der Waals surface area contributed by atoms with Crippen molar-refractivity contribution in [2.45, 2.75) is 12.7 Å². The third-order valence-corrected chi connectivity index (χ3v) is 3.58. The van der Waals surface area contributed by atoms with Crippen LogP contribution < -0.4 is 10.5 Å². The lowest BCUT2D eigenvalue weighted by molar-refractivity contribution is -0.192. The van der Waals surface area contributed by atoms with Crippen molar-refractivity contribution in [1.82, 2.24) is 9.97 Å². The normalized spacial score (nSPS) is 11.5. The minimum Gasteiger partial charge on any atom is -0.496 e. The van der Waals surface area contributed by atoms with Crippen LogP contribution in [0.2, 0.25) is 0 Å². The second-order valence-corrected chi connectivity index (χ2v) is 5.56. The summed E-state index contributed by atoms with van der Waals surface area (Å²) in [4.78, 5) is 22.0. The predicted molar refractivity (Wildman–Crippen MR) is 101 cm³/mol. The zero-order valence-corrected chi connectivity index (χ0v) is 15.2. The van der Waals surface area contributed by atoms with E-state index in [4.69, 9.17) is 20.4 Å². The second kappa shape index (κ2) is 9.49. The highest BCUT2D eigenvalue weighted by molar-refractivity contribution is 5.97. The van der Waals surface area contributed by atoms with Crippen LogP contribution in [0, 0.1) is 0 Å². The van der Waals surface area contributed by atoms with Crippen LogP contribution in [-0.4, -0.2) is 40.2 Å². The first-order valence-electron chi connectivity index (χ1n) is 8.16. The molecule has 10 heteroatoms. The minimum atomic E-state index is -5.08. The van der Waals surface area contributed by atoms with E-state index in [-0.39, 0.29) is 0 Å². The first-order valence-corrected chi connectivity index (χ1v) is 8.16. The van der Waals surface area contributed by atoms with E-state index in [0.29, 0.717) is 23.7 Å². The molecule has 3 rings (SSSR count). The minimum absolute atomic E-state index is 0.387. The van der Waals surface area contributed by atoms with E-state index in [9.17, 15) is 13.2 Å². The number of fused-ring (bicyclic) bond motifs is 1. The summed E-state index contributed by atoms with van der Waals surface area (Å²) in [5.41, 5.74) is 8.31. The lowest BCUT2D eigenvalue weighted by Gasteiger charge is -2.06. The Labute approximate surface area is 163 Å². The molecule has 0 saturated carbocycles. The average molecular weight is 406 g/mol. The predicted octanol–water partition coefficient (Wildman–Crippen LogP) is 3.18. The average Bonchev–Trinajstić information content (AvgIpc) is 2.71. The lowest BCUT2D eigenvalue weighted by Crippen LogP contribution is -2.21. The molecule has 0 bridgehead atoms. The summed E-state index contributed by atoms with van der Waals surface area (Å²) in [7, 11) is 1.64. The number of carboxylic acid groups (broad SMARTS) is 1. The van der Waals surface area contributed by atoms with Crippen LogP contribution in [-0.2, 0) is 11.3 Å². The molecule has 1 aromatic carbocycles. The number of rotatable bonds is 4. The van der Waals surface area contributed by atoms with Crippen LogP contribution in [0.5, 0.6) is 5.75 Å². The highest BCUT2D eigenvalue weighted by Gasteiger charge is 2.38. The number of carbonyl (C=O) groups is 1. The summed E-state index contributed by atoms with van der Waals surface area (Å²) >= 11 is 0. The van der Waals surface area contributed by atoms with Gasteiger partial charge in [-0.3, -0.25) is 4.99 Å². The third kappa shape index (κ3) is 6.16. The van der Waals surface area contributed by atoms with E-state index in [0.717, 1.165) is 16.7 Å². The van der Waals surface area contributed by atoms with Crippen molar-refractivity contribution >= 4 is 22.8 Å². The number of para-hydroxylation sites is 1. The number of methoxy groups -OCH3 is 1. The summed E-state index contributed by atoms with van der Waals surface area (Å²) < 4.78 is 37.0. The molecule has 2 heterocycles. The number of pyridine rings is 2. The number of amidine groups is 1. The monoisotopic (exact) mass is 406 g/mol. The summed E-state index contributed by atoms with van der Waals surface area (Å²) in [5, 5.41) is 8.10. The van der Waals surface area contributed by atoms with Crippen molar-refractivity contribution in [1.29, 1.82) is 0 Å². The van der Waals surface area contributed by atoms with Gasteiger partial charge >= 0.3 is 12.1 Å². The fourth-order valence-electron chi connectivity index (χ4n) is 2.18. The highest BCUT2D eigenvalue weighted by Crippen LogP contribution is 2.18. The highest BCUT2D eigenvalue weighted by atomic mass is 19.4. The van der Waals surface area contributed by atoms with Gasteiger partial charge in [-0.15, -0.1) is 0 Å². The molecule has 0 spiro atoms. The van der Waals surface area contributed by atoms with E-state index >= 15 is 0 Å². The van der Waals surface area contributed by atoms with Gasteiger partial charge in [0.1, 0.15) is 17.3 Å². The van der Waals surface area contributed by atoms with Crippen LogP contribution in [0.15, 0.2) is 59.7 Å². The molecule has 0 amide bonds. The number of nitrogens with zero attached hydrogens (tertiary/aromatic N) is 3. The van der Waals surface area contributed by atoms with E-state index in [1.54, 1.807) is 13.3 Å². The van der Waals surface area contributed by atoms with Gasteiger partial charge in [-0.25, -0.2) is 14.8 Å². The zero-order chi connectivity index (χ0) is 21.4. The third-order valence-electron chi connectivity index (χ3n) is 3.58. The lowest BCUT2D eigenvalue weighted by atomic mass is 10.2. The van der Waals surface area contributed by atoms with Crippen LogP contribution in [0.3, 0.4) is 0 Å². The first-order chi connectivity index (χ1) is 13.7. The number of nitrogens with two attached hydrogens (primary N) is 1. The summed E-state index contributed by atoms with van der Waals surface area (Å²) in [6.45, 7) is 0.442. The van der Waals surface area contributed by atoms with E-state index < -0.39 is 12.1 Å². The second-order valence-electron chi connectivity index (χ2n) is 5.56. The van der Waals surface area contributed by atoms with Crippen molar-refractivity contribution in [3.05, 3.63) is 66.0 Å². The molecule has 0 aliphatic heterocycles. The van der Waals surface area contributed by atoms with Gasteiger partial charge in [-0.05, 0) is 30.3 Å². The zero-order valence-electron chi connectivity index (χ0n) is 15.2. The molecule has 0 fully saturated rings. The van der Waals surface area contributed by atoms with Crippen molar-refractivity contribution in [3.63, 3.8) is 0 Å². The topological polar surface area (TPSA) is 111 Å². The molecule has 3 aromatic rings. The van der Waals surface area contributed by atoms with Crippen LogP contribution in [0.25, 0.3) is 11.0 Å². The molecular formula is C19H17F3N4O3. The molecule has 3 N–H and O–H groups in total. The Hall–Kier alpha value is -3.69. The van der Waals surface area contributed by atoms with E-state index in [2.05, 4.69) is 15.0 Å². The Morgan fingerprint density at radius 3 is 2.52 bits per heavy atom. The van der Waals surface area contributed by atoms with Crippen LogP contribution in [0.1, 0.15) is 11.3 Å². The number of benzene rings is 1. The molecule has 152 valence electrons. The van der Waals surface area contributed by atoms with Gasteiger partial charge in [0.15, 0.2) is 5.65 Å². The molecule has 0 saturated heterocycles. The Balaban J connectivity index is 0.000000370. The largest absolute Gasteiger partial charge is 0.496 e. The molecule has 2 aromatic heterocycles. The number of hydrogen-bond donors (Lipinski definition) is 2. The molecule has 0 atom stereocenters. The van der Waals surface area contributed by atoms with Gasteiger partial charge < -0.3 is 15.6 Å². The summed E-state index contributed by atoms with van der Waals surface area (Å²) in [5.74, 6) is -1.57. The Morgan fingerprint density at radius 2 is 1.86 bits per heavy atom. The van der Waals surface area contributed by atoms with Crippen molar-refractivity contribution in [3.8, 4) is 5.75 Å². The number of ether oxygens (including phenoxy) is 1. The number of aliphatic carboxylic acids is 1. The smallest absolute Gasteiger partial charge is 0.490 e. The maximum Gasteiger partial charge on any atom is 0.490 e. The van der Waals surface area contributed by atoms with Gasteiger partial charge in [0, 0.05) is 17.1 Å². The molecule has 0 unspecified atom stereocenters. The Kier molecular flexibility index (Phi) is 7.07. The quantitative estimate of drug-likeness (QED) is 0.509. The molecule has 0 radical (unpaired) electrons. The van der Waals surface area contributed by atoms with Gasteiger partial charge in [0.2, 0.25) is 0 Å². The molecule has 0 aliphatic carbocycles. The van der Waals surface area contributed by atoms with Gasteiger partial charge in [-0.2, -0.15) is 13.2 Å². The molecular weight excluding hydrogens is 389 g/mol. The number of carboxylic acids is 1. The van der Waals surface area contributed by atoms with Gasteiger partial charge in [-0.1, -0.05) is 18.2 Å². The van der Waals surface area contributed by atoms with Gasteiger partial charge in [0.05, 0.1) is 13.7 Å². The molecule has 29 heavy (non-hydrogen) atoms. The Bertz CT molecular complexity index is 1020. The Morgan fingerprint density at radius 1 is 1.17 bits per heavy atom. The fraction of sp³-hybridized carbons (Fsp3) is 0.158. The first kappa shape index (κ1) is 21.6. The maximum atomic E-state index is 10.6. The van der Waals surface area contributed by atoms with Crippen molar-refractivity contribution in [2.24, 2.45) is 10.7 Å². The molecule has 0 aliphatic rings. The molecule has 7 nitrogen and oxygen atoms in total. The standard InChI is InChI=1S/C17H16N4O.C2HF3O2/c1-22-15-7-3-2-5-13(15)11-20-16(18)14-9-8-12-6-4-10-19-17(12)21-14;3-2(4,5)1(6)7/h2-10H,11H2,1H3,(H2,18,20);(H,6,7). The van der Waals surface area contributed by atoms with Crippen molar-refractivity contribution < 1.29 is 27.8 Å². The fourth-order valence-corrected chi connectivity index (χ4v) is 2.18. The van der Waals surface area contributed by atoms with Gasteiger partial charge in [0.25, 0.3) is 0 Å². The van der Waals surface area contributed by atoms with Crippen molar-refractivity contribution in [2.75, 3.05) is 7.11 Å². The van der Waals surface area contributed by atoms with E-state index in [1.165, 1.54) is 0 Å². The summed E-state index contributed by atoms with van der Waals surface area (Å²) in [6, 6.07) is 15.4. The maximum absolute atomic E-state index is 10.6. The number of aromatic nitrogens is 2. The van der Waals surface area contributed by atoms with Crippen LogP contribution >= 0.6 is 0 Å².